The van der Waals surface area contributed by atoms with Crippen molar-refractivity contribution in [3.05, 3.63) is 24.0 Å². The Balaban J connectivity index is 2.64. The van der Waals surface area contributed by atoms with E-state index < -0.39 is 18.1 Å². The first kappa shape index (κ1) is 12.4. The van der Waals surface area contributed by atoms with E-state index in [1.807, 2.05) is 0 Å². The van der Waals surface area contributed by atoms with Gasteiger partial charge in [0.2, 0.25) is 0 Å². The topological polar surface area (TPSA) is 108 Å². The van der Waals surface area contributed by atoms with E-state index in [9.17, 15) is 9.90 Å². The Morgan fingerprint density at radius 2 is 2.38 bits per heavy atom. The highest BCUT2D eigenvalue weighted by atomic mass is 16.3. The fourth-order valence-corrected chi connectivity index (χ4v) is 1.02. The van der Waals surface area contributed by atoms with Gasteiger partial charge in [-0.3, -0.25) is 4.79 Å². The van der Waals surface area contributed by atoms with E-state index in [0.717, 1.165) is 0 Å². The van der Waals surface area contributed by atoms with Crippen molar-refractivity contribution in [2.75, 3.05) is 18.9 Å². The van der Waals surface area contributed by atoms with Gasteiger partial charge in [-0.2, -0.15) is 0 Å². The van der Waals surface area contributed by atoms with Crippen LogP contribution >= 0.6 is 0 Å². The maximum Gasteiger partial charge on any atom is 0.272 e. The van der Waals surface area contributed by atoms with Crippen LogP contribution in [-0.4, -0.2) is 39.9 Å². The molecule has 0 saturated heterocycles. The van der Waals surface area contributed by atoms with E-state index in [0.29, 0.717) is 0 Å². The van der Waals surface area contributed by atoms with Gasteiger partial charge >= 0.3 is 0 Å². The predicted octanol–water partition coefficient (Wildman–Crippen LogP) is -0.863. The maximum absolute atomic E-state index is 11.6. The highest BCUT2D eigenvalue weighted by Gasteiger charge is 2.21. The van der Waals surface area contributed by atoms with Gasteiger partial charge in [-0.05, 0) is 19.1 Å². The van der Waals surface area contributed by atoms with E-state index in [1.165, 1.54) is 13.1 Å². The monoisotopic (exact) mass is 225 g/mol. The van der Waals surface area contributed by atoms with Crippen LogP contribution in [0.5, 0.6) is 0 Å². The van der Waals surface area contributed by atoms with E-state index in [1.54, 1.807) is 12.1 Å². The summed E-state index contributed by atoms with van der Waals surface area (Å²) in [6.45, 7) is 0.901. The molecule has 1 aromatic heterocycles. The first-order chi connectivity index (χ1) is 7.46. The van der Waals surface area contributed by atoms with Gasteiger partial charge in [0.1, 0.15) is 5.60 Å². The van der Waals surface area contributed by atoms with Crippen molar-refractivity contribution in [3.63, 3.8) is 0 Å². The van der Waals surface area contributed by atoms with Gasteiger partial charge < -0.3 is 21.3 Å². The highest BCUT2D eigenvalue weighted by molar-refractivity contribution is 5.96. The molecule has 16 heavy (non-hydrogen) atoms. The first-order valence-corrected chi connectivity index (χ1v) is 4.78. The summed E-state index contributed by atoms with van der Waals surface area (Å²) in [6.07, 6.45) is 1.45. The van der Waals surface area contributed by atoms with Crippen molar-refractivity contribution in [2.24, 2.45) is 0 Å². The summed E-state index contributed by atoms with van der Waals surface area (Å²) in [5, 5.41) is 20.7. The van der Waals surface area contributed by atoms with Crippen molar-refractivity contribution in [3.8, 4) is 0 Å². The van der Waals surface area contributed by atoms with Gasteiger partial charge in [0.05, 0.1) is 12.3 Å². The molecule has 0 aliphatic rings. The van der Waals surface area contributed by atoms with E-state index in [4.69, 9.17) is 10.8 Å². The van der Waals surface area contributed by atoms with Crippen molar-refractivity contribution in [2.45, 2.75) is 12.5 Å². The Bertz CT molecular complexity index is 379. The molecule has 6 heteroatoms. The summed E-state index contributed by atoms with van der Waals surface area (Å²) in [6, 6.07) is 3.18. The molecule has 0 spiro atoms. The zero-order chi connectivity index (χ0) is 12.2. The van der Waals surface area contributed by atoms with E-state index in [-0.39, 0.29) is 17.9 Å². The van der Waals surface area contributed by atoms with Gasteiger partial charge in [0, 0.05) is 12.7 Å². The second kappa shape index (κ2) is 4.91. The third kappa shape index (κ3) is 3.18. The zero-order valence-electron chi connectivity index (χ0n) is 8.97. The van der Waals surface area contributed by atoms with Gasteiger partial charge in [-0.25, -0.2) is 4.98 Å². The number of hydrogen-bond acceptors (Lipinski definition) is 5. The van der Waals surface area contributed by atoms with Crippen LogP contribution in [-0.2, 0) is 0 Å². The van der Waals surface area contributed by atoms with Crippen LogP contribution in [0.25, 0.3) is 0 Å². The highest BCUT2D eigenvalue weighted by Crippen LogP contribution is 2.07. The van der Waals surface area contributed by atoms with Crippen LogP contribution in [0.3, 0.4) is 0 Å². The largest absolute Gasteiger partial charge is 0.397 e. The molecule has 0 bridgehead atoms. The van der Waals surface area contributed by atoms with Crippen LogP contribution in [0.4, 0.5) is 5.69 Å². The Kier molecular flexibility index (Phi) is 3.81. The normalized spacial score (nSPS) is 14.2. The number of aromatic nitrogens is 1. The van der Waals surface area contributed by atoms with E-state index in [2.05, 4.69) is 10.3 Å². The average molecular weight is 225 g/mol. The van der Waals surface area contributed by atoms with E-state index >= 15 is 0 Å². The molecule has 1 aromatic rings. The molecule has 1 amide bonds. The molecule has 0 aliphatic heterocycles. The molecule has 6 nitrogen and oxygen atoms in total. The third-order valence-corrected chi connectivity index (χ3v) is 2.02. The molecule has 1 atom stereocenters. The Morgan fingerprint density at radius 3 is 2.94 bits per heavy atom. The Labute approximate surface area is 93.1 Å². The molecule has 0 fully saturated rings. The maximum atomic E-state index is 11.6. The lowest BCUT2D eigenvalue weighted by atomic mass is 10.1. The summed E-state index contributed by atoms with van der Waals surface area (Å²) in [5.41, 5.74) is 4.58. The van der Waals surface area contributed by atoms with Crippen molar-refractivity contribution in [1.82, 2.24) is 10.3 Å². The number of pyridine rings is 1. The minimum atomic E-state index is -1.35. The van der Waals surface area contributed by atoms with Gasteiger partial charge in [0.25, 0.3) is 5.91 Å². The first-order valence-electron chi connectivity index (χ1n) is 4.78. The molecule has 1 unspecified atom stereocenters. The van der Waals surface area contributed by atoms with Gasteiger partial charge in [-0.15, -0.1) is 0 Å². The average Bonchev–Trinajstić information content (AvgIpc) is 2.27. The number of amides is 1. The van der Waals surface area contributed by atoms with Crippen molar-refractivity contribution < 1.29 is 15.0 Å². The van der Waals surface area contributed by atoms with Crippen LogP contribution in [0.2, 0.25) is 0 Å². The molecule has 0 saturated carbocycles. The number of anilines is 1. The molecule has 0 aromatic carbocycles. The number of aliphatic hydroxyl groups is 2. The molecule has 88 valence electrons. The third-order valence-electron chi connectivity index (χ3n) is 2.02. The number of carbonyl (C=O) groups is 1. The summed E-state index contributed by atoms with van der Waals surface area (Å²) >= 11 is 0. The van der Waals surface area contributed by atoms with Crippen LogP contribution in [0.1, 0.15) is 17.4 Å². The lowest BCUT2D eigenvalue weighted by Gasteiger charge is -2.20. The molecule has 0 aliphatic carbocycles. The fraction of sp³-hybridized carbons (Fsp3) is 0.400. The number of nitrogens with one attached hydrogen (secondary N) is 1. The van der Waals surface area contributed by atoms with Crippen LogP contribution in [0, 0.1) is 0 Å². The van der Waals surface area contributed by atoms with Crippen LogP contribution in [0.15, 0.2) is 18.3 Å². The minimum absolute atomic E-state index is 0.0711. The molecule has 0 radical (unpaired) electrons. The predicted molar refractivity (Wildman–Crippen MR) is 58.7 cm³/mol. The Morgan fingerprint density at radius 1 is 1.69 bits per heavy atom. The van der Waals surface area contributed by atoms with Crippen molar-refractivity contribution in [1.29, 1.82) is 0 Å². The molecule has 5 N–H and O–H groups in total. The summed E-state index contributed by atoms with van der Waals surface area (Å²) < 4.78 is 0. The number of nitrogens with two attached hydrogens (primary N) is 1. The molecule has 1 rings (SSSR count). The standard InChI is InChI=1S/C10H15N3O3/c1-10(16,6-14)5-13-9(15)8-7(11)3-2-4-12-8/h2-4,14,16H,5-6,11H2,1H3,(H,13,15). The SMILES string of the molecule is CC(O)(CO)CNC(=O)c1ncccc1N. The number of carbonyl (C=O) groups excluding carboxylic acids is 1. The lowest BCUT2D eigenvalue weighted by Crippen LogP contribution is -2.43. The quantitative estimate of drug-likeness (QED) is 0.533. The van der Waals surface area contributed by atoms with Gasteiger partial charge in [-0.1, -0.05) is 0 Å². The molecule has 1 heterocycles. The summed E-state index contributed by atoms with van der Waals surface area (Å²) in [5.74, 6) is -0.480. The number of rotatable bonds is 4. The van der Waals surface area contributed by atoms with Crippen molar-refractivity contribution >= 4 is 11.6 Å². The summed E-state index contributed by atoms with van der Waals surface area (Å²) in [7, 11) is 0. The smallest absolute Gasteiger partial charge is 0.272 e. The second-order valence-electron chi connectivity index (χ2n) is 3.78. The number of hydrogen-bond donors (Lipinski definition) is 4. The second-order valence-corrected chi connectivity index (χ2v) is 3.78. The molecular weight excluding hydrogens is 210 g/mol. The summed E-state index contributed by atoms with van der Waals surface area (Å²) in [4.78, 5) is 15.4. The minimum Gasteiger partial charge on any atom is -0.397 e. The zero-order valence-corrected chi connectivity index (χ0v) is 8.97. The number of nitrogen functional groups attached to an aromatic ring is 1. The number of nitrogens with zero attached hydrogens (tertiary/aromatic N) is 1. The number of aliphatic hydroxyl groups excluding tert-OH is 1. The molecular formula is C10H15N3O3. The Hall–Kier alpha value is -1.66. The fourth-order valence-electron chi connectivity index (χ4n) is 1.02. The van der Waals surface area contributed by atoms with Gasteiger partial charge in [0.15, 0.2) is 5.69 Å². The van der Waals surface area contributed by atoms with Crippen LogP contribution < -0.4 is 11.1 Å². The lowest BCUT2D eigenvalue weighted by molar-refractivity contribution is 0.00317.